The van der Waals surface area contributed by atoms with Gasteiger partial charge in [0.05, 0.1) is 12.8 Å². The molecule has 0 aromatic carbocycles. The molecule has 3 amide bonds. The number of hydrogen-bond donors (Lipinski definition) is 0. The maximum Gasteiger partial charge on any atom is 0.417 e. The molecular weight excluding hydrogens is 340 g/mol. The highest BCUT2D eigenvalue weighted by Gasteiger charge is 2.56. The number of fused-ring (bicyclic) bond motifs is 2. The van der Waals surface area contributed by atoms with Gasteiger partial charge in [0.25, 0.3) is 5.91 Å². The molecule has 3 aliphatic rings. The first-order valence-electron chi connectivity index (χ1n) is 8.15. The molecule has 0 radical (unpaired) electrons. The zero-order chi connectivity index (χ0) is 19.2. The van der Waals surface area contributed by atoms with E-state index in [4.69, 9.17) is 4.74 Å². The van der Waals surface area contributed by atoms with Crippen LogP contribution in [0, 0.1) is 0 Å². The summed E-state index contributed by atoms with van der Waals surface area (Å²) in [5.41, 5.74) is 0.719. The van der Waals surface area contributed by atoms with E-state index in [1.54, 1.807) is 11.6 Å². The second-order valence-electron chi connectivity index (χ2n) is 6.21. The van der Waals surface area contributed by atoms with E-state index in [9.17, 15) is 14.4 Å². The van der Waals surface area contributed by atoms with Crippen LogP contribution in [0.5, 0.6) is 0 Å². The van der Waals surface area contributed by atoms with Gasteiger partial charge in [-0.15, -0.1) is 16.7 Å². The number of carbonyl (C=O) groups excluding carboxylic acids is 3. The molecule has 1 saturated heterocycles. The molecular formula is C16H21N6O4+. The second-order valence-corrected chi connectivity index (χ2v) is 6.21. The van der Waals surface area contributed by atoms with Crippen LogP contribution >= 0.6 is 0 Å². The molecule has 3 rings (SSSR count). The molecule has 0 aromatic rings. The molecule has 0 bridgehead atoms. The summed E-state index contributed by atoms with van der Waals surface area (Å²) in [5, 5.41) is 5.79. The number of imide groups is 1. The Morgan fingerprint density at radius 2 is 2.12 bits per heavy atom. The number of likely N-dealkylation sites (N-methyl/N-ethyl adjacent to an activating group) is 1. The first-order valence-corrected chi connectivity index (χ1v) is 8.15. The predicted octanol–water partition coefficient (Wildman–Crippen LogP) is -0.531. The summed E-state index contributed by atoms with van der Waals surface area (Å²) in [6.07, 6.45) is 1.50. The van der Waals surface area contributed by atoms with Gasteiger partial charge in [-0.1, -0.05) is 11.1 Å². The molecule has 10 heteroatoms. The van der Waals surface area contributed by atoms with E-state index in [0.717, 1.165) is 10.6 Å². The van der Waals surface area contributed by atoms with Gasteiger partial charge in [-0.25, -0.2) is 14.2 Å². The SMILES string of the molecule is C=CCN1C(=O)C2C(=NC3=[N+]2C(C)C(C)=NN3CC(=O)OC)N(C)C1=O. The summed E-state index contributed by atoms with van der Waals surface area (Å²) >= 11 is 0. The lowest BCUT2D eigenvalue weighted by Gasteiger charge is -2.35. The number of aliphatic imine (C=N–C) groups is 1. The number of guanidine groups is 1. The quantitative estimate of drug-likeness (QED) is 0.381. The van der Waals surface area contributed by atoms with Crippen LogP contribution < -0.4 is 0 Å². The second kappa shape index (κ2) is 6.36. The Bertz CT molecular complexity index is 799. The van der Waals surface area contributed by atoms with Gasteiger partial charge in [-0.3, -0.25) is 14.6 Å². The van der Waals surface area contributed by atoms with Gasteiger partial charge in [0.2, 0.25) is 11.9 Å². The third-order valence-corrected chi connectivity index (χ3v) is 4.68. The maximum atomic E-state index is 13.0. The van der Waals surface area contributed by atoms with E-state index in [0.29, 0.717) is 11.8 Å². The smallest absolute Gasteiger partial charge is 0.417 e. The Hall–Kier alpha value is -3.04. The normalized spacial score (nSPS) is 25.0. The van der Waals surface area contributed by atoms with Gasteiger partial charge < -0.3 is 4.74 Å². The number of carbonyl (C=O) groups is 3. The largest absolute Gasteiger partial charge is 0.467 e. The van der Waals surface area contributed by atoms with Gasteiger partial charge in [-0.2, -0.15) is 0 Å². The third-order valence-electron chi connectivity index (χ3n) is 4.68. The van der Waals surface area contributed by atoms with Gasteiger partial charge in [0.1, 0.15) is 6.04 Å². The Balaban J connectivity index is 2.06. The number of hydrazone groups is 1. The number of amides is 3. The molecule has 1 fully saturated rings. The molecule has 10 nitrogen and oxygen atoms in total. The average molecular weight is 361 g/mol. The Morgan fingerprint density at radius 1 is 1.42 bits per heavy atom. The highest BCUT2D eigenvalue weighted by atomic mass is 16.5. The van der Waals surface area contributed by atoms with Crippen LogP contribution in [0.3, 0.4) is 0 Å². The van der Waals surface area contributed by atoms with Crippen molar-refractivity contribution >= 4 is 35.4 Å². The van der Waals surface area contributed by atoms with E-state index in [1.807, 2.05) is 13.8 Å². The van der Waals surface area contributed by atoms with E-state index < -0.39 is 18.0 Å². The topological polar surface area (TPSA) is 97.9 Å². The summed E-state index contributed by atoms with van der Waals surface area (Å²) in [7, 11) is 2.86. The molecule has 0 spiro atoms. The zero-order valence-corrected chi connectivity index (χ0v) is 15.2. The van der Waals surface area contributed by atoms with E-state index in [2.05, 4.69) is 16.7 Å². The van der Waals surface area contributed by atoms with Crippen molar-refractivity contribution in [3.63, 3.8) is 0 Å². The molecule has 26 heavy (non-hydrogen) atoms. The highest BCUT2D eigenvalue weighted by Crippen LogP contribution is 2.25. The third kappa shape index (κ3) is 2.49. The van der Waals surface area contributed by atoms with Crippen LogP contribution in [-0.4, -0.2) is 94.1 Å². The predicted molar refractivity (Wildman–Crippen MR) is 92.9 cm³/mol. The number of nitrogens with zero attached hydrogens (tertiary/aromatic N) is 6. The fraction of sp³-hybridized carbons (Fsp3) is 0.500. The van der Waals surface area contributed by atoms with Gasteiger partial charge in [0.15, 0.2) is 6.54 Å². The van der Waals surface area contributed by atoms with Crippen LogP contribution in [0.25, 0.3) is 0 Å². The number of rotatable bonds is 4. The standard InChI is InChI=1S/C16H21N6O4/c1-6-7-20-14(24)12-13(19(4)16(20)25)17-15-21(8-11(23)26-5)18-9(2)10(3)22(12)15/h6,10,12H,1,7-8H2,2-5H3/q+1. The van der Waals surface area contributed by atoms with Gasteiger partial charge in [0, 0.05) is 13.6 Å². The van der Waals surface area contributed by atoms with Crippen molar-refractivity contribution in [2.45, 2.75) is 25.9 Å². The molecule has 0 saturated carbocycles. The fourth-order valence-electron chi connectivity index (χ4n) is 3.17. The minimum atomic E-state index is -0.756. The number of methoxy groups -OCH3 is 1. The van der Waals surface area contributed by atoms with Crippen molar-refractivity contribution < 1.29 is 23.7 Å². The van der Waals surface area contributed by atoms with Crippen LogP contribution in [0.4, 0.5) is 4.79 Å². The molecule has 0 aliphatic carbocycles. The Labute approximate surface area is 150 Å². The van der Waals surface area contributed by atoms with Gasteiger partial charge in [-0.05, 0) is 13.8 Å². The van der Waals surface area contributed by atoms with E-state index >= 15 is 0 Å². The van der Waals surface area contributed by atoms with E-state index in [1.165, 1.54) is 23.1 Å². The highest BCUT2D eigenvalue weighted by molar-refractivity contribution is 6.23. The van der Waals surface area contributed by atoms with Crippen molar-refractivity contribution in [2.75, 3.05) is 27.2 Å². The summed E-state index contributed by atoms with van der Waals surface area (Å²) in [6, 6.07) is -1.44. The number of amidine groups is 1. The molecule has 0 aromatic heterocycles. The maximum absolute atomic E-state index is 13.0. The first kappa shape index (κ1) is 17.8. The number of esters is 1. The molecule has 0 N–H and O–H groups in total. The lowest BCUT2D eigenvalue weighted by atomic mass is 10.1. The van der Waals surface area contributed by atoms with Crippen LogP contribution in [0.2, 0.25) is 0 Å². The van der Waals surface area contributed by atoms with Crippen molar-refractivity contribution in [2.24, 2.45) is 10.1 Å². The molecule has 3 aliphatic heterocycles. The lowest BCUT2D eigenvalue weighted by Crippen LogP contribution is -2.64. The number of ether oxygens (including phenoxy) is 1. The van der Waals surface area contributed by atoms with E-state index in [-0.39, 0.29) is 25.0 Å². The summed E-state index contributed by atoms with van der Waals surface area (Å²) in [6.45, 7) is 7.29. The fourth-order valence-corrected chi connectivity index (χ4v) is 3.17. The lowest BCUT2D eigenvalue weighted by molar-refractivity contribution is -0.559. The molecule has 3 heterocycles. The van der Waals surface area contributed by atoms with Crippen molar-refractivity contribution in [3.05, 3.63) is 12.7 Å². The minimum absolute atomic E-state index is 0.113. The number of hydrogen-bond acceptors (Lipinski definition) is 7. The Kier molecular flexibility index (Phi) is 4.34. The zero-order valence-electron chi connectivity index (χ0n) is 15.2. The summed E-state index contributed by atoms with van der Waals surface area (Å²) < 4.78 is 6.49. The van der Waals surface area contributed by atoms with Crippen LogP contribution in [0.1, 0.15) is 13.8 Å². The van der Waals surface area contributed by atoms with Crippen LogP contribution in [-0.2, 0) is 14.3 Å². The summed E-state index contributed by atoms with van der Waals surface area (Å²) in [5.74, 6) is -0.187. The Morgan fingerprint density at radius 3 is 2.73 bits per heavy atom. The molecule has 2 atom stereocenters. The monoisotopic (exact) mass is 361 g/mol. The first-order chi connectivity index (χ1) is 12.3. The van der Waals surface area contributed by atoms with Gasteiger partial charge >= 0.3 is 18.0 Å². The minimum Gasteiger partial charge on any atom is -0.467 e. The van der Waals surface area contributed by atoms with Crippen molar-refractivity contribution in [1.82, 2.24) is 14.8 Å². The number of urea groups is 1. The van der Waals surface area contributed by atoms with Crippen molar-refractivity contribution in [1.29, 1.82) is 0 Å². The van der Waals surface area contributed by atoms with Crippen molar-refractivity contribution in [3.8, 4) is 0 Å². The van der Waals surface area contributed by atoms with Crippen LogP contribution in [0.15, 0.2) is 22.7 Å². The molecule has 138 valence electrons. The average Bonchev–Trinajstić information content (AvgIpc) is 3.02. The summed E-state index contributed by atoms with van der Waals surface area (Å²) in [4.78, 5) is 44.1. The molecule has 2 unspecified atom stereocenters.